The lowest BCUT2D eigenvalue weighted by molar-refractivity contribution is 0.570. The number of fused-ring (bicyclic) bond motifs is 1. The first-order chi connectivity index (χ1) is 5.66. The first-order valence-electron chi connectivity index (χ1n) is 3.57. The number of rotatable bonds is 0. The van der Waals surface area contributed by atoms with E-state index in [9.17, 15) is 0 Å². The predicted molar refractivity (Wildman–Crippen MR) is 49.0 cm³/mol. The Hall–Kier alpha value is -0.900. The van der Waals surface area contributed by atoms with Crippen molar-refractivity contribution in [2.75, 3.05) is 0 Å². The number of nitrogens with zero attached hydrogens (tertiary/aromatic N) is 2. The minimum Gasteiger partial charge on any atom is -0.431 e. The molecule has 0 N–H and O–H groups in total. The van der Waals surface area contributed by atoms with Gasteiger partial charge in [-0.3, -0.25) is 4.98 Å². The predicted octanol–water partition coefficient (Wildman–Crippen LogP) is 2.60. The number of oxazole rings is 1. The van der Waals surface area contributed by atoms with Gasteiger partial charge < -0.3 is 4.42 Å². The van der Waals surface area contributed by atoms with Gasteiger partial charge in [0.1, 0.15) is 5.52 Å². The van der Waals surface area contributed by atoms with Crippen molar-refractivity contribution >= 4 is 27.0 Å². The smallest absolute Gasteiger partial charge is 0.265 e. The van der Waals surface area contributed by atoms with Crippen LogP contribution in [0.15, 0.2) is 15.3 Å². The van der Waals surface area contributed by atoms with Crippen LogP contribution in [-0.4, -0.2) is 9.97 Å². The van der Waals surface area contributed by atoms with Gasteiger partial charge in [0.2, 0.25) is 0 Å². The number of aryl methyl sites for hydroxylation is 2. The molecule has 0 aliphatic carbocycles. The summed E-state index contributed by atoms with van der Waals surface area (Å²) >= 11 is 3.18. The molecular formula is C8H7BrN2O. The van der Waals surface area contributed by atoms with Crippen LogP contribution in [0, 0.1) is 13.8 Å². The third-order valence-corrected chi connectivity index (χ3v) is 1.99. The molecule has 0 unspecified atom stereocenters. The van der Waals surface area contributed by atoms with Crippen molar-refractivity contribution in [2.24, 2.45) is 0 Å². The topological polar surface area (TPSA) is 38.9 Å². The Balaban J connectivity index is 2.88. The Labute approximate surface area is 77.9 Å². The largest absolute Gasteiger partial charge is 0.431 e. The maximum atomic E-state index is 5.30. The van der Waals surface area contributed by atoms with E-state index in [0.29, 0.717) is 4.80 Å². The molecule has 0 atom stereocenters. The molecule has 2 aromatic heterocycles. The highest BCUT2D eigenvalue weighted by Gasteiger charge is 2.06. The zero-order valence-electron chi connectivity index (χ0n) is 6.76. The summed E-state index contributed by atoms with van der Waals surface area (Å²) in [6.07, 6.45) is 0. The van der Waals surface area contributed by atoms with Crippen molar-refractivity contribution in [3.8, 4) is 0 Å². The molecule has 12 heavy (non-hydrogen) atoms. The molecule has 3 nitrogen and oxygen atoms in total. The van der Waals surface area contributed by atoms with Gasteiger partial charge >= 0.3 is 0 Å². The van der Waals surface area contributed by atoms with Crippen molar-refractivity contribution in [1.29, 1.82) is 0 Å². The minimum absolute atomic E-state index is 0.507. The van der Waals surface area contributed by atoms with Crippen LogP contribution in [0.3, 0.4) is 0 Å². The van der Waals surface area contributed by atoms with E-state index in [-0.39, 0.29) is 0 Å². The van der Waals surface area contributed by atoms with Crippen molar-refractivity contribution in [3.63, 3.8) is 0 Å². The Morgan fingerprint density at radius 1 is 1.33 bits per heavy atom. The fourth-order valence-electron chi connectivity index (χ4n) is 1.20. The first kappa shape index (κ1) is 7.73. The maximum absolute atomic E-state index is 5.30. The molecule has 0 saturated carbocycles. The summed E-state index contributed by atoms with van der Waals surface area (Å²) in [4.78, 5) is 8.92. The van der Waals surface area contributed by atoms with E-state index in [1.807, 2.05) is 19.9 Å². The Morgan fingerprint density at radius 2 is 2.08 bits per heavy atom. The molecular weight excluding hydrogens is 220 g/mol. The quantitative estimate of drug-likeness (QED) is 0.694. The van der Waals surface area contributed by atoms with E-state index in [4.69, 9.17) is 4.42 Å². The fraction of sp³-hybridized carbons (Fsp3) is 0.250. The summed E-state index contributed by atoms with van der Waals surface area (Å²) in [6, 6.07) is 1.88. The molecule has 2 heterocycles. The average Bonchev–Trinajstić information content (AvgIpc) is 2.29. The van der Waals surface area contributed by atoms with Gasteiger partial charge in [-0.25, -0.2) is 4.98 Å². The summed E-state index contributed by atoms with van der Waals surface area (Å²) in [5.41, 5.74) is 3.46. The van der Waals surface area contributed by atoms with Gasteiger partial charge in [0.05, 0.1) is 5.69 Å². The SMILES string of the molecule is Cc1cc2oc(Br)nc2c(C)n1. The van der Waals surface area contributed by atoms with E-state index < -0.39 is 0 Å². The van der Waals surface area contributed by atoms with Crippen molar-refractivity contribution in [1.82, 2.24) is 9.97 Å². The number of hydrogen-bond acceptors (Lipinski definition) is 3. The van der Waals surface area contributed by atoms with Crippen LogP contribution in [0.1, 0.15) is 11.4 Å². The van der Waals surface area contributed by atoms with Gasteiger partial charge in [0.25, 0.3) is 4.80 Å². The van der Waals surface area contributed by atoms with Crippen LogP contribution in [0.2, 0.25) is 0 Å². The van der Waals surface area contributed by atoms with Gasteiger partial charge in [-0.1, -0.05) is 0 Å². The lowest BCUT2D eigenvalue weighted by atomic mass is 10.3. The number of hydrogen-bond donors (Lipinski definition) is 0. The molecule has 0 spiro atoms. The molecule has 2 rings (SSSR count). The Morgan fingerprint density at radius 3 is 2.83 bits per heavy atom. The van der Waals surface area contributed by atoms with Gasteiger partial charge in [-0.15, -0.1) is 0 Å². The second-order valence-electron chi connectivity index (χ2n) is 2.66. The highest BCUT2D eigenvalue weighted by atomic mass is 79.9. The molecule has 0 aromatic carbocycles. The molecule has 0 fully saturated rings. The van der Waals surface area contributed by atoms with Gasteiger partial charge in [-0.05, 0) is 13.8 Å². The van der Waals surface area contributed by atoms with Gasteiger partial charge in [0.15, 0.2) is 5.58 Å². The zero-order valence-corrected chi connectivity index (χ0v) is 8.34. The summed E-state index contributed by atoms with van der Waals surface area (Å²) in [6.45, 7) is 3.85. The fourth-order valence-corrected chi connectivity index (χ4v) is 1.55. The summed E-state index contributed by atoms with van der Waals surface area (Å²) < 4.78 is 5.30. The molecule has 0 bridgehead atoms. The molecule has 4 heteroatoms. The normalized spacial score (nSPS) is 10.9. The third-order valence-electron chi connectivity index (χ3n) is 1.65. The van der Waals surface area contributed by atoms with Crippen LogP contribution in [-0.2, 0) is 0 Å². The standard InChI is InChI=1S/C8H7BrN2O/c1-4-3-6-7(5(2)10-4)11-8(9)12-6/h3H,1-2H3. The van der Waals surface area contributed by atoms with E-state index in [2.05, 4.69) is 25.9 Å². The minimum atomic E-state index is 0.507. The van der Waals surface area contributed by atoms with Crippen LogP contribution in [0.25, 0.3) is 11.1 Å². The number of aromatic nitrogens is 2. The van der Waals surface area contributed by atoms with E-state index in [1.165, 1.54) is 0 Å². The highest BCUT2D eigenvalue weighted by molar-refractivity contribution is 9.10. The van der Waals surface area contributed by atoms with E-state index in [0.717, 1.165) is 22.5 Å². The summed E-state index contributed by atoms with van der Waals surface area (Å²) in [5, 5.41) is 0. The summed E-state index contributed by atoms with van der Waals surface area (Å²) in [7, 11) is 0. The second-order valence-corrected chi connectivity index (χ2v) is 3.34. The molecule has 0 amide bonds. The van der Waals surface area contributed by atoms with E-state index in [1.54, 1.807) is 0 Å². The lowest BCUT2D eigenvalue weighted by Crippen LogP contribution is -1.86. The Kier molecular flexibility index (Phi) is 1.65. The molecule has 0 aliphatic rings. The molecule has 0 radical (unpaired) electrons. The van der Waals surface area contributed by atoms with Crippen molar-refractivity contribution < 1.29 is 4.42 Å². The van der Waals surface area contributed by atoms with Crippen LogP contribution in [0.4, 0.5) is 0 Å². The van der Waals surface area contributed by atoms with Crippen molar-refractivity contribution in [2.45, 2.75) is 13.8 Å². The Bertz CT molecular complexity index is 436. The second kappa shape index (κ2) is 2.55. The molecule has 2 aromatic rings. The maximum Gasteiger partial charge on any atom is 0.265 e. The first-order valence-corrected chi connectivity index (χ1v) is 4.36. The lowest BCUT2D eigenvalue weighted by Gasteiger charge is -1.93. The zero-order chi connectivity index (χ0) is 8.72. The van der Waals surface area contributed by atoms with Crippen molar-refractivity contribution in [3.05, 3.63) is 22.3 Å². The third kappa shape index (κ3) is 1.12. The van der Waals surface area contributed by atoms with Crippen LogP contribution < -0.4 is 0 Å². The van der Waals surface area contributed by atoms with Gasteiger partial charge in [-0.2, -0.15) is 0 Å². The van der Waals surface area contributed by atoms with Crippen LogP contribution >= 0.6 is 15.9 Å². The molecule has 0 aliphatic heterocycles. The average molecular weight is 227 g/mol. The van der Waals surface area contributed by atoms with Gasteiger partial charge in [0, 0.05) is 27.7 Å². The molecule has 0 saturated heterocycles. The monoisotopic (exact) mass is 226 g/mol. The molecule has 62 valence electrons. The number of pyridine rings is 1. The van der Waals surface area contributed by atoms with E-state index >= 15 is 0 Å². The van der Waals surface area contributed by atoms with Crippen LogP contribution in [0.5, 0.6) is 0 Å². The summed E-state index contributed by atoms with van der Waals surface area (Å²) in [5.74, 6) is 0. The highest BCUT2D eigenvalue weighted by Crippen LogP contribution is 2.21. The number of halogens is 1.